The van der Waals surface area contributed by atoms with Crippen LogP contribution in [0, 0.1) is 0 Å². The van der Waals surface area contributed by atoms with Crippen molar-refractivity contribution in [2.45, 2.75) is 12.1 Å². The summed E-state index contributed by atoms with van der Waals surface area (Å²) in [5, 5.41) is 22.6. The number of phenols is 1. The fourth-order valence-electron chi connectivity index (χ4n) is 1.50. The van der Waals surface area contributed by atoms with E-state index in [9.17, 15) is 10.2 Å². The SMILES string of the molecule is Oc1ccc(Cl)cc1N[C@@H]1COC[C@H]1O. The normalized spacial score (nSPS) is 25.5. The Morgan fingerprint density at radius 2 is 2.20 bits per heavy atom. The number of aromatic hydroxyl groups is 1. The molecule has 3 N–H and O–H groups in total. The molecule has 82 valence electrons. The molecule has 4 nitrogen and oxygen atoms in total. The molecule has 1 aliphatic heterocycles. The number of aliphatic hydroxyl groups excluding tert-OH is 1. The minimum Gasteiger partial charge on any atom is -0.506 e. The monoisotopic (exact) mass is 229 g/mol. The molecular weight excluding hydrogens is 218 g/mol. The van der Waals surface area contributed by atoms with Gasteiger partial charge in [-0.15, -0.1) is 0 Å². The molecule has 0 amide bonds. The zero-order valence-electron chi connectivity index (χ0n) is 7.98. The average molecular weight is 230 g/mol. The summed E-state index contributed by atoms with van der Waals surface area (Å²) in [6.07, 6.45) is -0.552. The van der Waals surface area contributed by atoms with Crippen molar-refractivity contribution < 1.29 is 14.9 Å². The Balaban J connectivity index is 2.12. The van der Waals surface area contributed by atoms with Crippen LogP contribution in [0.3, 0.4) is 0 Å². The summed E-state index contributed by atoms with van der Waals surface area (Å²) in [5.41, 5.74) is 0.511. The van der Waals surface area contributed by atoms with Gasteiger partial charge >= 0.3 is 0 Å². The van der Waals surface area contributed by atoms with Crippen LogP contribution in [0.1, 0.15) is 0 Å². The second-order valence-corrected chi connectivity index (χ2v) is 3.95. The molecule has 5 heteroatoms. The Bertz CT molecular complexity index is 359. The molecule has 0 unspecified atom stereocenters. The van der Waals surface area contributed by atoms with Crippen molar-refractivity contribution in [3.8, 4) is 5.75 Å². The van der Waals surface area contributed by atoms with Gasteiger partial charge in [-0.05, 0) is 18.2 Å². The van der Waals surface area contributed by atoms with E-state index in [0.29, 0.717) is 23.9 Å². The summed E-state index contributed by atoms with van der Waals surface area (Å²) in [6.45, 7) is 0.742. The largest absolute Gasteiger partial charge is 0.506 e. The number of hydrogen-bond acceptors (Lipinski definition) is 4. The van der Waals surface area contributed by atoms with E-state index in [4.69, 9.17) is 16.3 Å². The molecule has 0 saturated carbocycles. The summed E-state index contributed by atoms with van der Waals surface area (Å²) >= 11 is 5.79. The molecule has 1 aromatic rings. The van der Waals surface area contributed by atoms with Crippen LogP contribution in [0.5, 0.6) is 5.75 Å². The number of rotatable bonds is 2. The third-order valence-corrected chi connectivity index (χ3v) is 2.59. The van der Waals surface area contributed by atoms with Crippen LogP contribution in [0.2, 0.25) is 5.02 Å². The standard InChI is InChI=1S/C10H12ClNO3/c11-6-1-2-9(13)7(3-6)12-8-4-15-5-10(8)14/h1-3,8,10,12-14H,4-5H2/t8-,10-/m1/s1. The lowest BCUT2D eigenvalue weighted by molar-refractivity contribution is 0.125. The van der Waals surface area contributed by atoms with Crippen LogP contribution >= 0.6 is 11.6 Å². The first-order valence-corrected chi connectivity index (χ1v) is 5.05. The first-order valence-electron chi connectivity index (χ1n) is 4.67. The Hall–Kier alpha value is -0.970. The minimum atomic E-state index is -0.552. The number of ether oxygens (including phenoxy) is 1. The van der Waals surface area contributed by atoms with Gasteiger partial charge in [0.1, 0.15) is 5.75 Å². The third-order valence-electron chi connectivity index (χ3n) is 2.35. The Morgan fingerprint density at radius 1 is 1.40 bits per heavy atom. The molecule has 0 radical (unpaired) electrons. The molecule has 1 saturated heterocycles. The number of halogens is 1. The minimum absolute atomic E-state index is 0.110. The van der Waals surface area contributed by atoms with E-state index < -0.39 is 6.10 Å². The van der Waals surface area contributed by atoms with E-state index in [1.807, 2.05) is 0 Å². The quantitative estimate of drug-likeness (QED) is 0.668. The lowest BCUT2D eigenvalue weighted by Gasteiger charge is -2.16. The lowest BCUT2D eigenvalue weighted by atomic mass is 10.2. The van der Waals surface area contributed by atoms with E-state index in [2.05, 4.69) is 5.32 Å². The van der Waals surface area contributed by atoms with Gasteiger partial charge in [-0.1, -0.05) is 11.6 Å². The van der Waals surface area contributed by atoms with Crippen LogP contribution in [-0.2, 0) is 4.74 Å². The number of phenolic OH excluding ortho intramolecular Hbond substituents is 1. The molecule has 0 aromatic heterocycles. The molecular formula is C10H12ClNO3. The summed E-state index contributed by atoms with van der Waals surface area (Å²) in [4.78, 5) is 0. The molecule has 0 spiro atoms. The van der Waals surface area contributed by atoms with Crippen molar-refractivity contribution in [3.63, 3.8) is 0 Å². The molecule has 0 aliphatic carbocycles. The molecule has 1 fully saturated rings. The van der Waals surface area contributed by atoms with Crippen LogP contribution in [0.25, 0.3) is 0 Å². The van der Waals surface area contributed by atoms with Crippen molar-refractivity contribution in [1.82, 2.24) is 0 Å². The number of hydrogen-bond donors (Lipinski definition) is 3. The average Bonchev–Trinajstić information content (AvgIpc) is 2.58. The van der Waals surface area contributed by atoms with Crippen LogP contribution in [0.4, 0.5) is 5.69 Å². The van der Waals surface area contributed by atoms with Crippen molar-refractivity contribution in [2.75, 3.05) is 18.5 Å². The van der Waals surface area contributed by atoms with Crippen LogP contribution in [-0.4, -0.2) is 35.6 Å². The first-order chi connectivity index (χ1) is 7.16. The molecule has 1 aromatic carbocycles. The van der Waals surface area contributed by atoms with Crippen molar-refractivity contribution >= 4 is 17.3 Å². The predicted molar refractivity (Wildman–Crippen MR) is 57.4 cm³/mol. The predicted octanol–water partition coefficient (Wildman–Crippen LogP) is 1.22. The lowest BCUT2D eigenvalue weighted by Crippen LogP contribution is -2.31. The van der Waals surface area contributed by atoms with E-state index in [1.165, 1.54) is 6.07 Å². The summed E-state index contributed by atoms with van der Waals surface area (Å²) in [5.74, 6) is 0.110. The van der Waals surface area contributed by atoms with E-state index >= 15 is 0 Å². The maximum atomic E-state index is 9.54. The van der Waals surface area contributed by atoms with Gasteiger partial charge in [-0.25, -0.2) is 0 Å². The summed E-state index contributed by atoms with van der Waals surface area (Å²) in [7, 11) is 0. The van der Waals surface area contributed by atoms with Gasteiger partial charge in [-0.3, -0.25) is 0 Å². The highest BCUT2D eigenvalue weighted by Crippen LogP contribution is 2.28. The van der Waals surface area contributed by atoms with Crippen molar-refractivity contribution in [2.24, 2.45) is 0 Å². The Morgan fingerprint density at radius 3 is 2.87 bits per heavy atom. The molecule has 2 rings (SSSR count). The summed E-state index contributed by atoms with van der Waals surface area (Å²) < 4.78 is 5.08. The van der Waals surface area contributed by atoms with Crippen LogP contribution in [0.15, 0.2) is 18.2 Å². The highest BCUT2D eigenvalue weighted by atomic mass is 35.5. The van der Waals surface area contributed by atoms with Gasteiger partial charge in [0, 0.05) is 5.02 Å². The maximum absolute atomic E-state index is 9.54. The van der Waals surface area contributed by atoms with Gasteiger partial charge in [0.15, 0.2) is 0 Å². The summed E-state index contributed by atoms with van der Waals surface area (Å²) in [6, 6.07) is 4.52. The van der Waals surface area contributed by atoms with Gasteiger partial charge in [-0.2, -0.15) is 0 Å². The molecule has 1 aliphatic rings. The Labute approximate surface area is 92.4 Å². The first kappa shape index (κ1) is 10.5. The molecule has 1 heterocycles. The zero-order chi connectivity index (χ0) is 10.8. The van der Waals surface area contributed by atoms with Crippen LogP contribution < -0.4 is 5.32 Å². The van der Waals surface area contributed by atoms with Gasteiger partial charge in [0.2, 0.25) is 0 Å². The second-order valence-electron chi connectivity index (χ2n) is 3.52. The van der Waals surface area contributed by atoms with Crippen molar-refractivity contribution in [3.05, 3.63) is 23.2 Å². The zero-order valence-corrected chi connectivity index (χ0v) is 8.74. The van der Waals surface area contributed by atoms with E-state index in [-0.39, 0.29) is 11.8 Å². The fourth-order valence-corrected chi connectivity index (χ4v) is 1.68. The smallest absolute Gasteiger partial charge is 0.138 e. The molecule has 0 bridgehead atoms. The molecule has 2 atom stereocenters. The topological polar surface area (TPSA) is 61.7 Å². The third kappa shape index (κ3) is 2.34. The number of aliphatic hydroxyl groups is 1. The van der Waals surface area contributed by atoms with Gasteiger partial charge in [0.25, 0.3) is 0 Å². The molecule has 15 heavy (non-hydrogen) atoms. The van der Waals surface area contributed by atoms with Gasteiger partial charge in [0.05, 0.1) is 31.0 Å². The number of benzene rings is 1. The second kappa shape index (κ2) is 4.26. The highest BCUT2D eigenvalue weighted by molar-refractivity contribution is 6.30. The van der Waals surface area contributed by atoms with E-state index in [0.717, 1.165) is 0 Å². The number of nitrogens with one attached hydrogen (secondary N) is 1. The van der Waals surface area contributed by atoms with Gasteiger partial charge < -0.3 is 20.3 Å². The van der Waals surface area contributed by atoms with E-state index in [1.54, 1.807) is 12.1 Å². The highest BCUT2D eigenvalue weighted by Gasteiger charge is 2.26. The fraction of sp³-hybridized carbons (Fsp3) is 0.400. The number of anilines is 1. The Kier molecular flexibility index (Phi) is 3.00. The van der Waals surface area contributed by atoms with Crippen molar-refractivity contribution in [1.29, 1.82) is 0 Å². The maximum Gasteiger partial charge on any atom is 0.138 e.